The van der Waals surface area contributed by atoms with E-state index in [1.807, 2.05) is 30.3 Å². The van der Waals surface area contributed by atoms with Gasteiger partial charge in [-0.3, -0.25) is 4.79 Å². The summed E-state index contributed by atoms with van der Waals surface area (Å²) in [6.45, 7) is 1.23. The number of hydrogen-bond donors (Lipinski definition) is 1. The van der Waals surface area contributed by atoms with E-state index in [1.54, 1.807) is 0 Å². The second kappa shape index (κ2) is 4.62. The molecule has 1 aromatic rings. The number of rotatable bonds is 2. The van der Waals surface area contributed by atoms with Gasteiger partial charge in [0.05, 0.1) is 18.6 Å². The van der Waals surface area contributed by atoms with Gasteiger partial charge in [0.1, 0.15) is 0 Å². The van der Waals surface area contributed by atoms with Crippen LogP contribution in [-0.2, 0) is 19.7 Å². The lowest BCUT2D eigenvalue weighted by atomic mass is 9.68. The zero-order chi connectivity index (χ0) is 13.3. The fraction of sp³-hybridized carbons (Fsp3) is 0.533. The van der Waals surface area contributed by atoms with E-state index in [2.05, 4.69) is 0 Å². The SMILES string of the molecule is O=C(O)C1(c2ccccc2)CCC2(CC1)OCCO2. The molecule has 0 amide bonds. The van der Waals surface area contributed by atoms with Gasteiger partial charge in [0.25, 0.3) is 0 Å². The summed E-state index contributed by atoms with van der Waals surface area (Å²) in [5, 5.41) is 9.69. The maximum Gasteiger partial charge on any atom is 0.314 e. The first kappa shape index (κ1) is 12.6. The minimum Gasteiger partial charge on any atom is -0.481 e. The summed E-state index contributed by atoms with van der Waals surface area (Å²) in [6, 6.07) is 9.51. The predicted molar refractivity (Wildman–Crippen MR) is 68.9 cm³/mol. The highest BCUT2D eigenvalue weighted by Crippen LogP contribution is 2.46. The van der Waals surface area contributed by atoms with Crippen molar-refractivity contribution in [3.63, 3.8) is 0 Å². The molecule has 2 aliphatic rings. The summed E-state index contributed by atoms with van der Waals surface area (Å²) in [7, 11) is 0. The molecule has 19 heavy (non-hydrogen) atoms. The van der Waals surface area contributed by atoms with Crippen LogP contribution in [-0.4, -0.2) is 30.1 Å². The fourth-order valence-corrected chi connectivity index (χ4v) is 3.23. The van der Waals surface area contributed by atoms with Gasteiger partial charge in [0, 0.05) is 12.8 Å². The number of ether oxygens (including phenoxy) is 2. The van der Waals surface area contributed by atoms with Crippen molar-refractivity contribution < 1.29 is 19.4 Å². The smallest absolute Gasteiger partial charge is 0.314 e. The molecule has 4 heteroatoms. The third kappa shape index (κ3) is 2.05. The lowest BCUT2D eigenvalue weighted by Gasteiger charge is -2.41. The van der Waals surface area contributed by atoms with Crippen LogP contribution in [0.3, 0.4) is 0 Å². The highest BCUT2D eigenvalue weighted by molar-refractivity contribution is 5.81. The van der Waals surface area contributed by atoms with E-state index < -0.39 is 17.2 Å². The molecule has 2 fully saturated rings. The molecule has 1 aromatic carbocycles. The van der Waals surface area contributed by atoms with Crippen LogP contribution in [0.2, 0.25) is 0 Å². The molecule has 0 bridgehead atoms. The molecule has 0 aromatic heterocycles. The Labute approximate surface area is 112 Å². The Hall–Kier alpha value is -1.39. The maximum atomic E-state index is 11.8. The van der Waals surface area contributed by atoms with Crippen LogP contribution >= 0.6 is 0 Å². The molecular weight excluding hydrogens is 244 g/mol. The molecule has 1 aliphatic heterocycles. The molecule has 1 aliphatic carbocycles. The van der Waals surface area contributed by atoms with Crippen LogP contribution in [0.15, 0.2) is 30.3 Å². The Kier molecular flexibility index (Phi) is 3.07. The summed E-state index contributed by atoms with van der Waals surface area (Å²) >= 11 is 0. The molecule has 1 saturated heterocycles. The van der Waals surface area contributed by atoms with Crippen LogP contribution in [0, 0.1) is 0 Å². The zero-order valence-electron chi connectivity index (χ0n) is 10.8. The molecule has 1 heterocycles. The number of benzene rings is 1. The van der Waals surface area contributed by atoms with Crippen molar-refractivity contribution in [3.8, 4) is 0 Å². The van der Waals surface area contributed by atoms with E-state index in [0.29, 0.717) is 38.9 Å². The van der Waals surface area contributed by atoms with E-state index in [9.17, 15) is 9.90 Å². The third-order valence-electron chi connectivity index (χ3n) is 4.41. The normalized spacial score (nSPS) is 24.4. The van der Waals surface area contributed by atoms with Crippen molar-refractivity contribution in [1.29, 1.82) is 0 Å². The Bertz CT molecular complexity index is 452. The zero-order valence-corrected chi connectivity index (χ0v) is 10.8. The molecule has 4 nitrogen and oxygen atoms in total. The standard InChI is InChI=1S/C15H18O4/c16-13(17)14(12-4-2-1-3-5-12)6-8-15(9-7-14)18-10-11-19-15/h1-5H,6-11H2,(H,16,17). The summed E-state index contributed by atoms with van der Waals surface area (Å²) in [5.74, 6) is -1.26. The number of carboxylic acids is 1. The van der Waals surface area contributed by atoms with Gasteiger partial charge in [0.15, 0.2) is 5.79 Å². The summed E-state index contributed by atoms with van der Waals surface area (Å²) in [5.41, 5.74) is 0.0947. The second-order valence-electron chi connectivity index (χ2n) is 5.36. The van der Waals surface area contributed by atoms with Gasteiger partial charge in [-0.05, 0) is 18.4 Å². The van der Waals surface area contributed by atoms with Crippen molar-refractivity contribution in [3.05, 3.63) is 35.9 Å². The number of aliphatic carboxylic acids is 1. The van der Waals surface area contributed by atoms with Gasteiger partial charge < -0.3 is 14.6 Å². The Balaban J connectivity index is 1.87. The fourth-order valence-electron chi connectivity index (χ4n) is 3.23. The molecule has 3 rings (SSSR count). The first-order valence-corrected chi connectivity index (χ1v) is 6.74. The number of carboxylic acid groups (broad SMARTS) is 1. The molecule has 102 valence electrons. The van der Waals surface area contributed by atoms with Crippen LogP contribution in [0.5, 0.6) is 0 Å². The molecule has 0 atom stereocenters. The second-order valence-corrected chi connectivity index (χ2v) is 5.36. The lowest BCUT2D eigenvalue weighted by molar-refractivity contribution is -0.189. The summed E-state index contributed by atoms with van der Waals surface area (Å²) in [6.07, 6.45) is 2.42. The summed E-state index contributed by atoms with van der Waals surface area (Å²) in [4.78, 5) is 11.8. The van der Waals surface area contributed by atoms with Gasteiger partial charge in [0.2, 0.25) is 0 Å². The summed E-state index contributed by atoms with van der Waals surface area (Å²) < 4.78 is 11.4. The lowest BCUT2D eigenvalue weighted by Crippen LogP contribution is -2.46. The quantitative estimate of drug-likeness (QED) is 0.888. The number of hydrogen-bond acceptors (Lipinski definition) is 3. The van der Waals surface area contributed by atoms with Gasteiger partial charge in [-0.25, -0.2) is 0 Å². The minimum atomic E-state index is -0.790. The van der Waals surface area contributed by atoms with Crippen LogP contribution in [0.1, 0.15) is 31.2 Å². The first-order chi connectivity index (χ1) is 9.17. The topological polar surface area (TPSA) is 55.8 Å². The van der Waals surface area contributed by atoms with Crippen LogP contribution < -0.4 is 0 Å². The molecular formula is C15H18O4. The van der Waals surface area contributed by atoms with Gasteiger partial charge in [-0.2, -0.15) is 0 Å². The van der Waals surface area contributed by atoms with Gasteiger partial charge in [-0.1, -0.05) is 30.3 Å². The van der Waals surface area contributed by atoms with E-state index in [1.165, 1.54) is 0 Å². The van der Waals surface area contributed by atoms with E-state index in [-0.39, 0.29) is 0 Å². The van der Waals surface area contributed by atoms with Crippen molar-refractivity contribution in [2.24, 2.45) is 0 Å². The highest BCUT2D eigenvalue weighted by Gasteiger charge is 2.50. The Morgan fingerprint density at radius 2 is 1.58 bits per heavy atom. The van der Waals surface area contributed by atoms with Crippen molar-refractivity contribution >= 4 is 5.97 Å². The first-order valence-electron chi connectivity index (χ1n) is 6.74. The van der Waals surface area contributed by atoms with Crippen LogP contribution in [0.4, 0.5) is 0 Å². The molecule has 0 unspecified atom stereocenters. The van der Waals surface area contributed by atoms with Crippen molar-refractivity contribution in [1.82, 2.24) is 0 Å². The molecule has 0 radical (unpaired) electrons. The molecule has 1 saturated carbocycles. The van der Waals surface area contributed by atoms with Gasteiger partial charge in [-0.15, -0.1) is 0 Å². The van der Waals surface area contributed by atoms with Crippen molar-refractivity contribution in [2.75, 3.05) is 13.2 Å². The number of carbonyl (C=O) groups is 1. The Morgan fingerprint density at radius 3 is 2.11 bits per heavy atom. The third-order valence-corrected chi connectivity index (χ3v) is 4.41. The average molecular weight is 262 g/mol. The molecule has 1 spiro atoms. The van der Waals surface area contributed by atoms with E-state index in [4.69, 9.17) is 9.47 Å². The monoisotopic (exact) mass is 262 g/mol. The Morgan fingerprint density at radius 1 is 1.00 bits per heavy atom. The molecule has 1 N–H and O–H groups in total. The van der Waals surface area contributed by atoms with Gasteiger partial charge >= 0.3 is 5.97 Å². The largest absolute Gasteiger partial charge is 0.481 e. The van der Waals surface area contributed by atoms with E-state index in [0.717, 1.165) is 5.56 Å². The maximum absolute atomic E-state index is 11.8. The predicted octanol–water partition coefficient (Wildman–Crippen LogP) is 2.33. The average Bonchev–Trinajstić information content (AvgIpc) is 2.89. The van der Waals surface area contributed by atoms with Crippen molar-refractivity contribution in [2.45, 2.75) is 36.9 Å². The van der Waals surface area contributed by atoms with Crippen LogP contribution in [0.25, 0.3) is 0 Å². The van der Waals surface area contributed by atoms with E-state index >= 15 is 0 Å². The highest BCUT2D eigenvalue weighted by atomic mass is 16.7. The minimum absolute atomic E-state index is 0.520.